The molecule has 108 valence electrons. The van der Waals surface area contributed by atoms with Crippen molar-refractivity contribution in [3.63, 3.8) is 0 Å². The van der Waals surface area contributed by atoms with E-state index >= 15 is 0 Å². The molecule has 2 atom stereocenters. The molecular formula is C19H21NO. The van der Waals surface area contributed by atoms with E-state index in [-0.39, 0.29) is 0 Å². The molecule has 2 nitrogen and oxygen atoms in total. The smallest absolute Gasteiger partial charge is 0.126 e. The molecule has 0 amide bonds. The van der Waals surface area contributed by atoms with E-state index in [0.29, 0.717) is 12.1 Å². The van der Waals surface area contributed by atoms with Gasteiger partial charge in [0, 0.05) is 17.6 Å². The molecule has 21 heavy (non-hydrogen) atoms. The minimum atomic E-state index is 0.538. The standard InChI is InChI=1S/C19H21NO/c1-21-18-10-9-13-5-2-3-8-17(13)19(18)14-11-15-6-4-7-16(12-14)20-15/h2-3,5,8-11,15-16,20H,4,6-7,12H2,1H3. The molecule has 1 saturated heterocycles. The lowest BCUT2D eigenvalue weighted by atomic mass is 9.83. The molecule has 1 fully saturated rings. The zero-order valence-electron chi connectivity index (χ0n) is 12.4. The van der Waals surface area contributed by atoms with E-state index in [1.165, 1.54) is 41.2 Å². The summed E-state index contributed by atoms with van der Waals surface area (Å²) < 4.78 is 5.67. The summed E-state index contributed by atoms with van der Waals surface area (Å²) in [5.41, 5.74) is 2.76. The fourth-order valence-electron chi connectivity index (χ4n) is 3.86. The van der Waals surface area contributed by atoms with E-state index < -0.39 is 0 Å². The Balaban J connectivity index is 1.90. The fraction of sp³-hybridized carbons (Fsp3) is 0.368. The number of fused-ring (bicyclic) bond motifs is 3. The Morgan fingerprint density at radius 2 is 2.00 bits per heavy atom. The van der Waals surface area contributed by atoms with Gasteiger partial charge in [-0.3, -0.25) is 0 Å². The molecule has 2 aliphatic heterocycles. The van der Waals surface area contributed by atoms with Crippen LogP contribution < -0.4 is 10.1 Å². The van der Waals surface area contributed by atoms with E-state index in [4.69, 9.17) is 4.74 Å². The largest absolute Gasteiger partial charge is 0.496 e. The molecule has 2 aromatic rings. The number of benzene rings is 2. The molecule has 0 aromatic heterocycles. The predicted molar refractivity (Wildman–Crippen MR) is 87.7 cm³/mol. The topological polar surface area (TPSA) is 21.3 Å². The summed E-state index contributed by atoms with van der Waals surface area (Å²) in [5, 5.41) is 6.32. The van der Waals surface area contributed by atoms with Gasteiger partial charge in [0.1, 0.15) is 5.75 Å². The van der Waals surface area contributed by atoms with Crippen molar-refractivity contribution in [2.45, 2.75) is 37.8 Å². The number of piperidine rings is 1. The van der Waals surface area contributed by atoms with Gasteiger partial charge in [0.15, 0.2) is 0 Å². The van der Waals surface area contributed by atoms with E-state index in [0.717, 1.165) is 12.2 Å². The van der Waals surface area contributed by atoms with Crippen molar-refractivity contribution >= 4 is 16.3 Å². The number of nitrogens with one attached hydrogen (secondary N) is 1. The van der Waals surface area contributed by atoms with Gasteiger partial charge in [0.25, 0.3) is 0 Å². The average Bonchev–Trinajstić information content (AvgIpc) is 2.53. The zero-order valence-corrected chi connectivity index (χ0v) is 12.4. The Bertz CT molecular complexity index is 704. The first-order valence-corrected chi connectivity index (χ1v) is 7.88. The number of ether oxygens (including phenoxy) is 1. The van der Waals surface area contributed by atoms with Crippen LogP contribution >= 0.6 is 0 Å². The number of methoxy groups -OCH3 is 1. The van der Waals surface area contributed by atoms with Crippen molar-refractivity contribution in [3.05, 3.63) is 48.0 Å². The Morgan fingerprint density at radius 1 is 1.10 bits per heavy atom. The first-order valence-electron chi connectivity index (χ1n) is 7.88. The van der Waals surface area contributed by atoms with Crippen LogP contribution in [0, 0.1) is 0 Å². The van der Waals surface area contributed by atoms with Gasteiger partial charge in [-0.05, 0) is 41.7 Å². The van der Waals surface area contributed by atoms with E-state index in [9.17, 15) is 0 Å². The second kappa shape index (κ2) is 5.19. The summed E-state index contributed by atoms with van der Waals surface area (Å²) in [7, 11) is 1.77. The van der Waals surface area contributed by atoms with Crippen molar-refractivity contribution in [3.8, 4) is 5.75 Å². The molecule has 0 saturated carbocycles. The molecule has 1 N–H and O–H groups in total. The Kier molecular flexibility index (Phi) is 3.19. The maximum atomic E-state index is 5.67. The Hall–Kier alpha value is -1.80. The van der Waals surface area contributed by atoms with Gasteiger partial charge in [-0.2, -0.15) is 0 Å². The average molecular weight is 279 g/mol. The van der Waals surface area contributed by atoms with E-state index in [1.54, 1.807) is 7.11 Å². The summed E-state index contributed by atoms with van der Waals surface area (Å²) in [4.78, 5) is 0. The first kappa shape index (κ1) is 12.9. The molecule has 2 aromatic carbocycles. The lowest BCUT2D eigenvalue weighted by molar-refractivity contribution is 0.347. The monoisotopic (exact) mass is 279 g/mol. The predicted octanol–water partition coefficient (Wildman–Crippen LogP) is 4.15. The quantitative estimate of drug-likeness (QED) is 0.892. The maximum Gasteiger partial charge on any atom is 0.126 e. The van der Waals surface area contributed by atoms with Crippen LogP contribution in [0.5, 0.6) is 5.75 Å². The van der Waals surface area contributed by atoms with Gasteiger partial charge in [-0.15, -0.1) is 0 Å². The highest BCUT2D eigenvalue weighted by molar-refractivity contribution is 5.96. The highest BCUT2D eigenvalue weighted by Gasteiger charge is 2.27. The highest BCUT2D eigenvalue weighted by atomic mass is 16.5. The lowest BCUT2D eigenvalue weighted by Gasteiger charge is -2.35. The fourth-order valence-corrected chi connectivity index (χ4v) is 3.86. The molecule has 2 heteroatoms. The molecule has 0 spiro atoms. The highest BCUT2D eigenvalue weighted by Crippen LogP contribution is 2.39. The molecule has 4 rings (SSSR count). The Labute approximate surface area is 125 Å². The lowest BCUT2D eigenvalue weighted by Crippen LogP contribution is -2.44. The van der Waals surface area contributed by atoms with E-state index in [1.807, 2.05) is 0 Å². The van der Waals surface area contributed by atoms with Crippen LogP contribution in [0.15, 0.2) is 42.5 Å². The van der Waals surface area contributed by atoms with Crippen LogP contribution in [0.2, 0.25) is 0 Å². The minimum Gasteiger partial charge on any atom is -0.496 e. The number of hydrogen-bond donors (Lipinski definition) is 1. The van der Waals surface area contributed by atoms with Gasteiger partial charge in [-0.25, -0.2) is 0 Å². The molecule has 2 heterocycles. The third-order valence-electron chi connectivity index (χ3n) is 4.82. The van der Waals surface area contributed by atoms with Crippen LogP contribution in [-0.2, 0) is 0 Å². The summed E-state index contributed by atoms with van der Waals surface area (Å²) in [5.74, 6) is 1.000. The van der Waals surface area contributed by atoms with Crippen molar-refractivity contribution < 1.29 is 4.74 Å². The van der Waals surface area contributed by atoms with Crippen molar-refractivity contribution in [1.29, 1.82) is 0 Å². The third-order valence-corrected chi connectivity index (χ3v) is 4.82. The van der Waals surface area contributed by atoms with Crippen LogP contribution in [-0.4, -0.2) is 19.2 Å². The van der Waals surface area contributed by atoms with Crippen LogP contribution in [0.1, 0.15) is 31.2 Å². The summed E-state index contributed by atoms with van der Waals surface area (Å²) in [6.07, 6.45) is 7.44. The van der Waals surface area contributed by atoms with Gasteiger partial charge >= 0.3 is 0 Å². The van der Waals surface area contributed by atoms with Crippen molar-refractivity contribution in [1.82, 2.24) is 5.32 Å². The van der Waals surface area contributed by atoms with Gasteiger partial charge in [0.05, 0.1) is 7.11 Å². The molecule has 0 aliphatic carbocycles. The molecule has 2 aliphatic rings. The Morgan fingerprint density at radius 3 is 2.86 bits per heavy atom. The van der Waals surface area contributed by atoms with Crippen molar-refractivity contribution in [2.75, 3.05) is 7.11 Å². The van der Waals surface area contributed by atoms with Gasteiger partial charge < -0.3 is 10.1 Å². The molecule has 2 unspecified atom stereocenters. The zero-order chi connectivity index (χ0) is 14.2. The molecular weight excluding hydrogens is 258 g/mol. The SMILES string of the molecule is COc1ccc2ccccc2c1C1=CC2CCCC(C1)N2. The normalized spacial score (nSPS) is 24.7. The maximum absolute atomic E-state index is 5.67. The summed E-state index contributed by atoms with van der Waals surface area (Å²) >= 11 is 0. The van der Waals surface area contributed by atoms with Crippen molar-refractivity contribution in [2.24, 2.45) is 0 Å². The second-order valence-corrected chi connectivity index (χ2v) is 6.16. The molecule has 2 bridgehead atoms. The van der Waals surface area contributed by atoms with E-state index in [2.05, 4.69) is 47.8 Å². The summed E-state index contributed by atoms with van der Waals surface area (Å²) in [6, 6.07) is 14.0. The summed E-state index contributed by atoms with van der Waals surface area (Å²) in [6.45, 7) is 0. The minimum absolute atomic E-state index is 0.538. The van der Waals surface area contributed by atoms with Crippen LogP contribution in [0.4, 0.5) is 0 Å². The van der Waals surface area contributed by atoms with Gasteiger partial charge in [0.2, 0.25) is 0 Å². The van der Waals surface area contributed by atoms with Crippen LogP contribution in [0.3, 0.4) is 0 Å². The van der Waals surface area contributed by atoms with Gasteiger partial charge in [-0.1, -0.05) is 42.8 Å². The second-order valence-electron chi connectivity index (χ2n) is 6.16. The number of hydrogen-bond acceptors (Lipinski definition) is 2. The first-order chi connectivity index (χ1) is 10.3. The number of rotatable bonds is 2. The third kappa shape index (κ3) is 2.24. The van der Waals surface area contributed by atoms with Crippen LogP contribution in [0.25, 0.3) is 16.3 Å². The molecule has 0 radical (unpaired) electrons.